The summed E-state index contributed by atoms with van der Waals surface area (Å²) in [5.74, 6) is -5.07. The van der Waals surface area contributed by atoms with Gasteiger partial charge in [-0.15, -0.1) is 0 Å². The quantitative estimate of drug-likeness (QED) is 0.550. The lowest BCUT2D eigenvalue weighted by Crippen LogP contribution is -2.24. The van der Waals surface area contributed by atoms with Gasteiger partial charge in [-0.3, -0.25) is 14.2 Å². The third-order valence-electron chi connectivity index (χ3n) is 4.18. The van der Waals surface area contributed by atoms with Crippen LogP contribution >= 0.6 is 11.6 Å². The first kappa shape index (κ1) is 22.3. The van der Waals surface area contributed by atoms with Gasteiger partial charge in [0.1, 0.15) is 30.3 Å². The maximum atomic E-state index is 14.5. The van der Waals surface area contributed by atoms with Crippen LogP contribution in [0.2, 0.25) is 5.02 Å². The van der Waals surface area contributed by atoms with Gasteiger partial charge in [0.05, 0.1) is 0 Å². The summed E-state index contributed by atoms with van der Waals surface area (Å²) in [6.07, 6.45) is 0.777. The molecule has 1 heterocycles. The van der Waals surface area contributed by atoms with Gasteiger partial charge in [-0.05, 0) is 24.3 Å². The van der Waals surface area contributed by atoms with Crippen LogP contribution in [0.15, 0.2) is 41.5 Å². The van der Waals surface area contributed by atoms with Gasteiger partial charge < -0.3 is 9.64 Å². The highest BCUT2D eigenvalue weighted by atomic mass is 35.5. The summed E-state index contributed by atoms with van der Waals surface area (Å²) in [5.41, 5.74) is -2.12. The largest absolute Gasteiger partial charge is 0.471 e. The van der Waals surface area contributed by atoms with E-state index in [9.17, 15) is 27.2 Å². The van der Waals surface area contributed by atoms with Gasteiger partial charge in [0.25, 0.3) is 11.5 Å². The predicted molar refractivity (Wildman–Crippen MR) is 103 cm³/mol. The van der Waals surface area contributed by atoms with Crippen LogP contribution in [0.1, 0.15) is 15.9 Å². The third-order valence-corrected chi connectivity index (χ3v) is 4.50. The molecule has 1 aromatic heterocycles. The van der Waals surface area contributed by atoms with E-state index in [1.54, 1.807) is 0 Å². The average molecular weight is 456 g/mol. The molecule has 0 aliphatic carbocycles. The summed E-state index contributed by atoms with van der Waals surface area (Å²) in [5, 5.41) is -0.614. The second-order valence-corrected chi connectivity index (χ2v) is 6.93. The molecule has 31 heavy (non-hydrogen) atoms. The van der Waals surface area contributed by atoms with Crippen molar-refractivity contribution in [1.29, 1.82) is 0 Å². The van der Waals surface area contributed by atoms with Crippen LogP contribution in [0.3, 0.4) is 0 Å². The average Bonchev–Trinajstić information content (AvgIpc) is 2.70. The van der Waals surface area contributed by atoms with E-state index in [0.29, 0.717) is 10.6 Å². The Kier molecular flexibility index (Phi) is 6.30. The number of rotatable bonds is 5. The maximum Gasteiger partial charge on any atom is 0.280 e. The maximum absolute atomic E-state index is 14.5. The predicted octanol–water partition coefficient (Wildman–Crippen LogP) is 3.72. The zero-order chi connectivity index (χ0) is 22.9. The normalized spacial score (nSPS) is 10.8. The molecule has 3 rings (SSSR count). The van der Waals surface area contributed by atoms with Crippen LogP contribution in [-0.2, 0) is 6.61 Å². The Hall–Kier alpha value is -3.40. The van der Waals surface area contributed by atoms with Crippen LogP contribution in [0.5, 0.6) is 5.88 Å². The molecule has 0 radical (unpaired) electrons. The second kappa shape index (κ2) is 8.76. The number of benzene rings is 2. The third kappa shape index (κ3) is 4.53. The molecule has 0 atom stereocenters. The molecule has 0 N–H and O–H groups in total. The van der Waals surface area contributed by atoms with E-state index in [0.717, 1.165) is 35.5 Å². The standard InChI is InChI=1S/C20H14ClF4N3O3/c1-27(2)19(29)11-5-14(24)17(15(25)6-11)28-9-26-18(16(21)20(28)30)31-8-10-3-4-12(22)7-13(10)23/h3-7,9H,8H2,1-2H3. The van der Waals surface area contributed by atoms with Crippen molar-refractivity contribution in [3.8, 4) is 11.6 Å². The molecule has 0 saturated carbocycles. The van der Waals surface area contributed by atoms with Gasteiger partial charge in [-0.1, -0.05) is 11.6 Å². The lowest BCUT2D eigenvalue weighted by Gasteiger charge is -2.14. The molecular formula is C20H14ClF4N3O3. The van der Waals surface area contributed by atoms with Crippen molar-refractivity contribution in [2.75, 3.05) is 14.1 Å². The van der Waals surface area contributed by atoms with E-state index in [1.165, 1.54) is 14.1 Å². The molecule has 0 aliphatic heterocycles. The first-order chi connectivity index (χ1) is 14.6. The van der Waals surface area contributed by atoms with Crippen molar-refractivity contribution in [2.45, 2.75) is 6.61 Å². The Morgan fingerprint density at radius 2 is 1.74 bits per heavy atom. The van der Waals surface area contributed by atoms with Crippen molar-refractivity contribution in [3.05, 3.63) is 86.4 Å². The molecule has 0 fully saturated rings. The topological polar surface area (TPSA) is 64.4 Å². The molecule has 6 nitrogen and oxygen atoms in total. The molecule has 1 amide bonds. The lowest BCUT2D eigenvalue weighted by atomic mass is 10.1. The summed E-state index contributed by atoms with van der Waals surface area (Å²) in [4.78, 5) is 29.3. The van der Waals surface area contributed by atoms with Gasteiger partial charge in [-0.25, -0.2) is 22.5 Å². The molecule has 0 unspecified atom stereocenters. The highest BCUT2D eigenvalue weighted by Crippen LogP contribution is 2.23. The van der Waals surface area contributed by atoms with E-state index in [-0.39, 0.29) is 11.1 Å². The Morgan fingerprint density at radius 3 is 2.32 bits per heavy atom. The Balaban J connectivity index is 1.93. The number of aromatic nitrogens is 2. The minimum atomic E-state index is -1.19. The SMILES string of the molecule is CN(C)C(=O)c1cc(F)c(-n2cnc(OCc3ccc(F)cc3F)c(Cl)c2=O)c(F)c1. The first-order valence-corrected chi connectivity index (χ1v) is 9.03. The number of ether oxygens (including phenoxy) is 1. The van der Waals surface area contributed by atoms with Gasteiger partial charge in [0.2, 0.25) is 5.88 Å². The number of hydrogen-bond acceptors (Lipinski definition) is 4. The molecule has 0 spiro atoms. The molecule has 162 valence electrons. The van der Waals surface area contributed by atoms with Crippen LogP contribution in [0, 0.1) is 23.3 Å². The summed E-state index contributed by atoms with van der Waals surface area (Å²) < 4.78 is 61.4. The lowest BCUT2D eigenvalue weighted by molar-refractivity contribution is 0.0826. The molecule has 11 heteroatoms. The molecule has 2 aromatic carbocycles. The highest BCUT2D eigenvalue weighted by molar-refractivity contribution is 6.31. The Morgan fingerprint density at radius 1 is 1.10 bits per heavy atom. The number of halogens is 5. The van der Waals surface area contributed by atoms with Crippen molar-refractivity contribution >= 4 is 17.5 Å². The summed E-state index contributed by atoms with van der Waals surface area (Å²) in [6.45, 7) is -0.424. The minimum Gasteiger partial charge on any atom is -0.471 e. The zero-order valence-corrected chi connectivity index (χ0v) is 16.9. The van der Waals surface area contributed by atoms with E-state index in [2.05, 4.69) is 4.98 Å². The van der Waals surface area contributed by atoms with E-state index < -0.39 is 57.9 Å². The highest BCUT2D eigenvalue weighted by Gasteiger charge is 2.21. The van der Waals surface area contributed by atoms with Gasteiger partial charge in [0, 0.05) is 31.3 Å². The molecule has 3 aromatic rings. The number of amides is 1. The van der Waals surface area contributed by atoms with Crippen LogP contribution in [0.4, 0.5) is 17.6 Å². The molecular weight excluding hydrogens is 442 g/mol. The van der Waals surface area contributed by atoms with Crippen LogP contribution in [-0.4, -0.2) is 34.5 Å². The van der Waals surface area contributed by atoms with Gasteiger partial charge in [0.15, 0.2) is 16.7 Å². The summed E-state index contributed by atoms with van der Waals surface area (Å²) in [7, 11) is 2.83. The molecule has 0 bridgehead atoms. The fraction of sp³-hybridized carbons (Fsp3) is 0.150. The number of nitrogens with zero attached hydrogens (tertiary/aromatic N) is 3. The smallest absolute Gasteiger partial charge is 0.280 e. The molecule has 0 aliphatic rings. The van der Waals surface area contributed by atoms with Crippen molar-refractivity contribution in [3.63, 3.8) is 0 Å². The molecule has 0 saturated heterocycles. The number of carbonyl (C=O) groups excluding carboxylic acids is 1. The summed E-state index contributed by atoms with van der Waals surface area (Å²) in [6, 6.07) is 4.37. The Labute approximate surface area is 178 Å². The van der Waals surface area contributed by atoms with Gasteiger partial charge in [-0.2, -0.15) is 0 Å². The first-order valence-electron chi connectivity index (χ1n) is 8.65. The van der Waals surface area contributed by atoms with Crippen molar-refractivity contribution in [2.24, 2.45) is 0 Å². The number of hydrogen-bond donors (Lipinski definition) is 0. The minimum absolute atomic E-state index is 0.0262. The van der Waals surface area contributed by atoms with E-state index in [1.807, 2.05) is 0 Å². The van der Waals surface area contributed by atoms with Crippen LogP contribution in [0.25, 0.3) is 5.69 Å². The summed E-state index contributed by atoms with van der Waals surface area (Å²) >= 11 is 5.93. The van der Waals surface area contributed by atoms with E-state index >= 15 is 0 Å². The Bertz CT molecular complexity index is 1210. The fourth-order valence-electron chi connectivity index (χ4n) is 2.64. The van der Waals surface area contributed by atoms with Crippen molar-refractivity contribution < 1.29 is 27.1 Å². The fourth-order valence-corrected chi connectivity index (χ4v) is 2.83. The number of carbonyl (C=O) groups is 1. The second-order valence-electron chi connectivity index (χ2n) is 6.55. The van der Waals surface area contributed by atoms with Crippen molar-refractivity contribution in [1.82, 2.24) is 14.5 Å². The monoisotopic (exact) mass is 455 g/mol. The van der Waals surface area contributed by atoms with Gasteiger partial charge >= 0.3 is 0 Å². The van der Waals surface area contributed by atoms with Crippen LogP contribution < -0.4 is 10.3 Å². The van der Waals surface area contributed by atoms with E-state index in [4.69, 9.17) is 16.3 Å². The zero-order valence-electron chi connectivity index (χ0n) is 16.1.